The van der Waals surface area contributed by atoms with Crippen molar-refractivity contribution < 1.29 is 0 Å². The Morgan fingerprint density at radius 3 is 3.00 bits per heavy atom. The average Bonchev–Trinajstić information content (AvgIpc) is 3.12. The van der Waals surface area contributed by atoms with Crippen molar-refractivity contribution in [2.45, 2.75) is 38.8 Å². The van der Waals surface area contributed by atoms with Gasteiger partial charge < -0.3 is 5.32 Å². The zero-order valence-electron chi connectivity index (χ0n) is 13.5. The molecule has 122 valence electrons. The first-order valence-electron chi connectivity index (χ1n) is 8.44. The van der Waals surface area contributed by atoms with Crippen LogP contribution in [0.3, 0.4) is 0 Å². The lowest BCUT2D eigenvalue weighted by Gasteiger charge is -2.16. The summed E-state index contributed by atoms with van der Waals surface area (Å²) in [5, 5.41) is 15.6. The van der Waals surface area contributed by atoms with E-state index in [-0.39, 0.29) is 0 Å². The Morgan fingerprint density at radius 2 is 2.17 bits per heavy atom. The second-order valence-electron chi connectivity index (χ2n) is 6.71. The molecule has 4 rings (SSSR count). The van der Waals surface area contributed by atoms with Crippen LogP contribution in [0, 0.1) is 12.8 Å². The second-order valence-corrected chi connectivity index (χ2v) is 6.71. The fourth-order valence-corrected chi connectivity index (χ4v) is 3.23. The van der Waals surface area contributed by atoms with Gasteiger partial charge in [0, 0.05) is 18.8 Å². The Balaban J connectivity index is 1.28. The van der Waals surface area contributed by atoms with Crippen molar-refractivity contribution in [2.75, 3.05) is 25.0 Å². The van der Waals surface area contributed by atoms with Crippen molar-refractivity contribution in [3.8, 4) is 0 Å². The largest absolute Gasteiger partial charge is 0.370 e. The molecule has 1 N–H and O–H groups in total. The minimum absolute atomic E-state index is 0.549. The van der Waals surface area contributed by atoms with E-state index >= 15 is 0 Å². The SMILES string of the molecule is Cc1cccc(NCC2CCN(Cc3nnnn3C3CC3)C2)n1. The molecule has 7 heteroatoms. The second kappa shape index (κ2) is 6.23. The third-order valence-corrected chi connectivity index (χ3v) is 4.65. The maximum atomic E-state index is 4.50. The van der Waals surface area contributed by atoms with Crippen molar-refractivity contribution in [1.29, 1.82) is 0 Å². The highest BCUT2D eigenvalue weighted by Gasteiger charge is 2.29. The first-order valence-corrected chi connectivity index (χ1v) is 8.44. The molecule has 2 aromatic heterocycles. The molecule has 0 radical (unpaired) electrons. The maximum Gasteiger partial charge on any atom is 0.165 e. The number of nitrogens with zero attached hydrogens (tertiary/aromatic N) is 6. The van der Waals surface area contributed by atoms with Gasteiger partial charge in [0.15, 0.2) is 5.82 Å². The highest BCUT2D eigenvalue weighted by molar-refractivity contribution is 5.35. The molecule has 0 bridgehead atoms. The number of hydrogen-bond acceptors (Lipinski definition) is 6. The first-order chi connectivity index (χ1) is 11.3. The summed E-state index contributed by atoms with van der Waals surface area (Å²) < 4.78 is 2.02. The molecule has 2 aromatic rings. The predicted octanol–water partition coefficient (Wildman–Crippen LogP) is 1.65. The van der Waals surface area contributed by atoms with Gasteiger partial charge in [0.2, 0.25) is 0 Å². The van der Waals surface area contributed by atoms with Crippen molar-refractivity contribution in [2.24, 2.45) is 5.92 Å². The quantitative estimate of drug-likeness (QED) is 0.874. The Bertz CT molecular complexity index is 664. The zero-order valence-corrected chi connectivity index (χ0v) is 13.5. The van der Waals surface area contributed by atoms with Crippen molar-refractivity contribution in [3.05, 3.63) is 29.7 Å². The number of likely N-dealkylation sites (tertiary alicyclic amines) is 1. The molecule has 7 nitrogen and oxygen atoms in total. The van der Waals surface area contributed by atoms with Gasteiger partial charge in [-0.25, -0.2) is 9.67 Å². The lowest BCUT2D eigenvalue weighted by molar-refractivity contribution is 0.302. The minimum Gasteiger partial charge on any atom is -0.370 e. The van der Waals surface area contributed by atoms with Gasteiger partial charge in [0.25, 0.3) is 0 Å². The Morgan fingerprint density at radius 1 is 1.26 bits per heavy atom. The van der Waals surface area contributed by atoms with Crippen LogP contribution in [0.25, 0.3) is 0 Å². The zero-order chi connectivity index (χ0) is 15.6. The van der Waals surface area contributed by atoms with Crippen LogP contribution in [0.4, 0.5) is 5.82 Å². The summed E-state index contributed by atoms with van der Waals surface area (Å²) in [6, 6.07) is 6.65. The van der Waals surface area contributed by atoms with E-state index < -0.39 is 0 Å². The van der Waals surface area contributed by atoms with Gasteiger partial charge in [-0.2, -0.15) is 0 Å². The van der Waals surface area contributed by atoms with E-state index in [1.807, 2.05) is 29.8 Å². The monoisotopic (exact) mass is 313 g/mol. The summed E-state index contributed by atoms with van der Waals surface area (Å²) in [6.45, 7) is 6.07. The van der Waals surface area contributed by atoms with Gasteiger partial charge in [0.1, 0.15) is 5.82 Å². The molecule has 3 heterocycles. The van der Waals surface area contributed by atoms with Gasteiger partial charge in [-0.1, -0.05) is 6.07 Å². The predicted molar refractivity (Wildman–Crippen MR) is 86.9 cm³/mol. The number of tetrazole rings is 1. The molecule has 1 atom stereocenters. The summed E-state index contributed by atoms with van der Waals surface area (Å²) in [4.78, 5) is 6.96. The number of rotatable bonds is 6. The Labute approximate surface area is 136 Å². The fraction of sp³-hybridized carbons (Fsp3) is 0.625. The Hall–Kier alpha value is -2.02. The van der Waals surface area contributed by atoms with Crippen LogP contribution in [0.5, 0.6) is 0 Å². The van der Waals surface area contributed by atoms with Crippen LogP contribution in [-0.4, -0.2) is 49.7 Å². The summed E-state index contributed by atoms with van der Waals surface area (Å²) in [5.41, 5.74) is 1.05. The van der Waals surface area contributed by atoms with E-state index in [4.69, 9.17) is 0 Å². The van der Waals surface area contributed by atoms with Crippen LogP contribution in [0.1, 0.15) is 36.8 Å². The van der Waals surface area contributed by atoms with Crippen LogP contribution >= 0.6 is 0 Å². The van der Waals surface area contributed by atoms with Crippen LogP contribution in [-0.2, 0) is 6.54 Å². The molecule has 23 heavy (non-hydrogen) atoms. The topological polar surface area (TPSA) is 71.8 Å². The fourth-order valence-electron chi connectivity index (χ4n) is 3.23. The van der Waals surface area contributed by atoms with E-state index in [1.54, 1.807) is 0 Å². The van der Waals surface area contributed by atoms with Gasteiger partial charge in [-0.3, -0.25) is 4.90 Å². The number of pyridine rings is 1. The minimum atomic E-state index is 0.549. The van der Waals surface area contributed by atoms with Crippen LogP contribution < -0.4 is 5.32 Å². The number of aromatic nitrogens is 5. The summed E-state index contributed by atoms with van der Waals surface area (Å²) in [7, 11) is 0. The van der Waals surface area contributed by atoms with E-state index in [0.29, 0.717) is 12.0 Å². The standard InChI is InChI=1S/C16H23N7/c1-12-3-2-4-15(18-12)17-9-13-7-8-22(10-13)11-16-19-20-21-23(16)14-5-6-14/h2-4,13-14H,5-11H2,1H3,(H,17,18). The third-order valence-electron chi connectivity index (χ3n) is 4.65. The van der Waals surface area contributed by atoms with Crippen LogP contribution in [0.15, 0.2) is 18.2 Å². The molecule has 1 saturated heterocycles. The molecular weight excluding hydrogens is 290 g/mol. The average molecular weight is 313 g/mol. The molecule has 0 spiro atoms. The molecule has 0 aromatic carbocycles. The van der Waals surface area contributed by atoms with Gasteiger partial charge >= 0.3 is 0 Å². The summed E-state index contributed by atoms with van der Waals surface area (Å²) in [5.74, 6) is 2.64. The summed E-state index contributed by atoms with van der Waals surface area (Å²) >= 11 is 0. The molecule has 2 fully saturated rings. The highest BCUT2D eigenvalue weighted by atomic mass is 15.6. The van der Waals surface area contributed by atoms with Crippen molar-refractivity contribution >= 4 is 5.82 Å². The molecule has 2 aliphatic rings. The lowest BCUT2D eigenvalue weighted by Crippen LogP contribution is -2.24. The summed E-state index contributed by atoms with van der Waals surface area (Å²) in [6.07, 6.45) is 3.64. The number of nitrogens with one attached hydrogen (secondary N) is 1. The number of hydrogen-bond donors (Lipinski definition) is 1. The first kappa shape index (κ1) is 14.6. The van der Waals surface area contributed by atoms with E-state index in [0.717, 1.165) is 43.5 Å². The van der Waals surface area contributed by atoms with E-state index in [2.05, 4.69) is 30.7 Å². The smallest absolute Gasteiger partial charge is 0.165 e. The van der Waals surface area contributed by atoms with E-state index in [9.17, 15) is 0 Å². The van der Waals surface area contributed by atoms with E-state index in [1.165, 1.54) is 19.3 Å². The lowest BCUT2D eigenvalue weighted by atomic mass is 10.1. The van der Waals surface area contributed by atoms with Crippen LogP contribution in [0.2, 0.25) is 0 Å². The van der Waals surface area contributed by atoms with Crippen molar-refractivity contribution in [3.63, 3.8) is 0 Å². The molecular formula is C16H23N7. The molecule has 1 aliphatic carbocycles. The molecule has 1 unspecified atom stereocenters. The van der Waals surface area contributed by atoms with Gasteiger partial charge in [0.05, 0.1) is 12.6 Å². The van der Waals surface area contributed by atoms with Crippen molar-refractivity contribution in [1.82, 2.24) is 30.1 Å². The highest BCUT2D eigenvalue weighted by Crippen LogP contribution is 2.34. The Kier molecular flexibility index (Phi) is 3.95. The maximum absolute atomic E-state index is 4.50. The van der Waals surface area contributed by atoms with Gasteiger partial charge in [-0.05, 0) is 61.2 Å². The third kappa shape index (κ3) is 3.50. The molecule has 1 saturated carbocycles. The molecule has 0 amide bonds. The van der Waals surface area contributed by atoms with Gasteiger partial charge in [-0.15, -0.1) is 5.10 Å². The number of aryl methyl sites for hydroxylation is 1. The number of anilines is 1. The normalized spacial score (nSPS) is 21.7. The molecule has 1 aliphatic heterocycles.